The van der Waals surface area contributed by atoms with E-state index in [1.807, 2.05) is 23.6 Å². The van der Waals surface area contributed by atoms with Crippen molar-refractivity contribution in [3.63, 3.8) is 0 Å². The number of aromatic nitrogens is 6. The van der Waals surface area contributed by atoms with Gasteiger partial charge in [0.2, 0.25) is 12.3 Å². The van der Waals surface area contributed by atoms with Crippen LogP contribution in [0.3, 0.4) is 0 Å². The number of fused-ring (bicyclic) bond motifs is 2. The van der Waals surface area contributed by atoms with Crippen molar-refractivity contribution in [3.05, 3.63) is 60.6 Å². The zero-order chi connectivity index (χ0) is 20.0. The lowest BCUT2D eigenvalue weighted by Crippen LogP contribution is -2.02. The molecule has 0 atom stereocenters. The number of rotatable bonds is 4. The Kier molecular flexibility index (Phi) is 3.94. The second kappa shape index (κ2) is 6.62. The van der Waals surface area contributed by atoms with Crippen molar-refractivity contribution < 1.29 is 13.5 Å². The maximum atomic E-state index is 14.3. The van der Waals surface area contributed by atoms with E-state index in [1.165, 1.54) is 19.6 Å². The first-order valence-electron chi connectivity index (χ1n) is 8.84. The molecular weight excluding hydrogens is 375 g/mol. The molecule has 0 saturated heterocycles. The quantitative estimate of drug-likeness (QED) is 0.463. The van der Waals surface area contributed by atoms with Gasteiger partial charge in [-0.15, -0.1) is 10.2 Å². The van der Waals surface area contributed by atoms with E-state index in [0.717, 1.165) is 22.5 Å². The van der Waals surface area contributed by atoms with Gasteiger partial charge in [-0.3, -0.25) is 4.98 Å². The molecule has 0 radical (unpaired) electrons. The van der Waals surface area contributed by atoms with Gasteiger partial charge in [-0.25, -0.2) is 14.4 Å². The average molecular weight is 390 g/mol. The lowest BCUT2D eigenvalue weighted by atomic mass is 10.0. The van der Waals surface area contributed by atoms with E-state index < -0.39 is 5.82 Å². The summed E-state index contributed by atoms with van der Waals surface area (Å²) in [5.41, 5.74) is 3.70. The Balaban J connectivity index is 1.68. The Labute approximate surface area is 164 Å². The van der Waals surface area contributed by atoms with Crippen LogP contribution in [0.25, 0.3) is 33.2 Å². The summed E-state index contributed by atoms with van der Waals surface area (Å²) >= 11 is 0. The number of aryl methyl sites for hydroxylation is 1. The van der Waals surface area contributed by atoms with E-state index >= 15 is 0 Å². The summed E-state index contributed by atoms with van der Waals surface area (Å²) < 4.78 is 26.6. The van der Waals surface area contributed by atoms with Gasteiger partial charge < -0.3 is 13.7 Å². The van der Waals surface area contributed by atoms with Crippen molar-refractivity contribution in [1.82, 2.24) is 29.7 Å². The maximum absolute atomic E-state index is 14.3. The van der Waals surface area contributed by atoms with Crippen molar-refractivity contribution in [2.75, 3.05) is 7.11 Å². The SMILES string of the molecule is COc1cc2nccc(-c3cnc4nc(C)n(Cc5nnco5)c4c3)c2cc1F. The largest absolute Gasteiger partial charge is 0.494 e. The van der Waals surface area contributed by atoms with Crippen LogP contribution >= 0.6 is 0 Å². The van der Waals surface area contributed by atoms with Crippen molar-refractivity contribution >= 4 is 22.1 Å². The normalized spacial score (nSPS) is 11.4. The third-order valence-electron chi connectivity index (χ3n) is 4.82. The van der Waals surface area contributed by atoms with Crippen LogP contribution < -0.4 is 4.74 Å². The minimum Gasteiger partial charge on any atom is -0.494 e. The predicted molar refractivity (Wildman–Crippen MR) is 103 cm³/mol. The monoisotopic (exact) mass is 390 g/mol. The molecule has 0 spiro atoms. The van der Waals surface area contributed by atoms with Crippen molar-refractivity contribution in [2.45, 2.75) is 13.5 Å². The van der Waals surface area contributed by atoms with Gasteiger partial charge in [0, 0.05) is 29.4 Å². The Hall–Kier alpha value is -3.88. The molecule has 0 saturated carbocycles. The molecule has 29 heavy (non-hydrogen) atoms. The zero-order valence-corrected chi connectivity index (χ0v) is 15.6. The van der Waals surface area contributed by atoms with E-state index in [4.69, 9.17) is 9.15 Å². The molecule has 5 aromatic rings. The molecule has 0 amide bonds. The Morgan fingerprint density at radius 2 is 2.10 bits per heavy atom. The van der Waals surface area contributed by atoms with Crippen LogP contribution in [0.4, 0.5) is 4.39 Å². The van der Waals surface area contributed by atoms with Gasteiger partial charge in [-0.05, 0) is 30.7 Å². The van der Waals surface area contributed by atoms with Gasteiger partial charge >= 0.3 is 0 Å². The lowest BCUT2D eigenvalue weighted by molar-refractivity contribution is 0.387. The summed E-state index contributed by atoms with van der Waals surface area (Å²) in [4.78, 5) is 13.3. The number of nitrogens with zero attached hydrogens (tertiary/aromatic N) is 6. The van der Waals surface area contributed by atoms with Crippen LogP contribution in [-0.2, 0) is 6.54 Å². The first-order chi connectivity index (χ1) is 14.1. The van der Waals surface area contributed by atoms with Crippen molar-refractivity contribution in [2.24, 2.45) is 0 Å². The first-order valence-corrected chi connectivity index (χ1v) is 8.84. The standard InChI is InChI=1S/C20H15FN6O2/c1-11-25-20-17(27(11)9-19-26-24-10-29-19)5-12(8-23-20)13-3-4-22-16-7-18(28-2)15(21)6-14(13)16/h3-8,10H,9H2,1-2H3. The molecule has 4 heterocycles. The molecule has 8 nitrogen and oxygen atoms in total. The first kappa shape index (κ1) is 17.2. The number of halogens is 1. The highest BCUT2D eigenvalue weighted by atomic mass is 19.1. The number of imidazole rings is 1. The van der Waals surface area contributed by atoms with E-state index in [1.54, 1.807) is 18.5 Å². The molecule has 0 unspecified atom stereocenters. The second-order valence-corrected chi connectivity index (χ2v) is 6.51. The number of hydrogen-bond acceptors (Lipinski definition) is 7. The molecule has 0 fully saturated rings. The minimum absolute atomic E-state index is 0.156. The van der Waals surface area contributed by atoms with Gasteiger partial charge in [0.25, 0.3) is 0 Å². The number of benzene rings is 1. The molecule has 1 aromatic carbocycles. The summed E-state index contributed by atoms with van der Waals surface area (Å²) in [6, 6.07) is 6.82. The van der Waals surface area contributed by atoms with Gasteiger partial charge in [0.15, 0.2) is 17.2 Å². The third kappa shape index (κ3) is 2.87. The van der Waals surface area contributed by atoms with E-state index in [-0.39, 0.29) is 5.75 Å². The molecule has 144 valence electrons. The van der Waals surface area contributed by atoms with Crippen LogP contribution in [0.1, 0.15) is 11.7 Å². The highest BCUT2D eigenvalue weighted by Gasteiger charge is 2.15. The summed E-state index contributed by atoms with van der Waals surface area (Å²) in [6.07, 6.45) is 4.70. The molecule has 5 rings (SSSR count). The van der Waals surface area contributed by atoms with Crippen LogP contribution in [0.5, 0.6) is 5.75 Å². The molecule has 9 heteroatoms. The summed E-state index contributed by atoms with van der Waals surface area (Å²) in [5, 5.41) is 8.33. The number of methoxy groups -OCH3 is 1. The van der Waals surface area contributed by atoms with E-state index in [9.17, 15) is 4.39 Å². The van der Waals surface area contributed by atoms with E-state index in [0.29, 0.717) is 29.0 Å². The number of pyridine rings is 2. The Morgan fingerprint density at radius 1 is 1.21 bits per heavy atom. The number of hydrogen-bond donors (Lipinski definition) is 0. The maximum Gasteiger partial charge on any atom is 0.235 e. The fraction of sp³-hybridized carbons (Fsp3) is 0.150. The predicted octanol–water partition coefficient (Wildman–Crippen LogP) is 3.53. The van der Waals surface area contributed by atoms with Crippen molar-refractivity contribution in [3.8, 4) is 16.9 Å². The van der Waals surface area contributed by atoms with Crippen LogP contribution in [0.2, 0.25) is 0 Å². The van der Waals surface area contributed by atoms with Crippen LogP contribution in [0.15, 0.2) is 47.5 Å². The minimum atomic E-state index is -0.444. The zero-order valence-electron chi connectivity index (χ0n) is 15.6. The summed E-state index contributed by atoms with van der Waals surface area (Å²) in [7, 11) is 1.43. The molecule has 4 aromatic heterocycles. The summed E-state index contributed by atoms with van der Waals surface area (Å²) in [6.45, 7) is 2.28. The van der Waals surface area contributed by atoms with Gasteiger partial charge in [0.1, 0.15) is 12.4 Å². The molecule has 0 aliphatic carbocycles. The molecule has 0 bridgehead atoms. The average Bonchev–Trinajstić information content (AvgIpc) is 3.35. The third-order valence-corrected chi connectivity index (χ3v) is 4.82. The van der Waals surface area contributed by atoms with Gasteiger partial charge in [-0.2, -0.15) is 0 Å². The fourth-order valence-corrected chi connectivity index (χ4v) is 3.42. The fourth-order valence-electron chi connectivity index (χ4n) is 3.42. The van der Waals surface area contributed by atoms with E-state index in [2.05, 4.69) is 25.1 Å². The molecular formula is C20H15FN6O2. The topological polar surface area (TPSA) is 91.8 Å². The highest BCUT2D eigenvalue weighted by Crippen LogP contribution is 2.32. The Bertz CT molecular complexity index is 1350. The smallest absolute Gasteiger partial charge is 0.235 e. The highest BCUT2D eigenvalue weighted by molar-refractivity contribution is 5.96. The molecule has 0 aliphatic heterocycles. The second-order valence-electron chi connectivity index (χ2n) is 6.51. The van der Waals surface area contributed by atoms with Crippen LogP contribution in [0, 0.1) is 12.7 Å². The Morgan fingerprint density at radius 3 is 2.90 bits per heavy atom. The number of ether oxygens (including phenoxy) is 1. The lowest BCUT2D eigenvalue weighted by Gasteiger charge is -2.09. The molecule has 0 aliphatic rings. The van der Waals surface area contributed by atoms with Gasteiger partial charge in [-0.1, -0.05) is 0 Å². The molecule has 0 N–H and O–H groups in total. The van der Waals surface area contributed by atoms with Crippen LogP contribution in [-0.4, -0.2) is 36.8 Å². The summed E-state index contributed by atoms with van der Waals surface area (Å²) in [5.74, 6) is 0.962. The van der Waals surface area contributed by atoms with Crippen molar-refractivity contribution in [1.29, 1.82) is 0 Å². The van der Waals surface area contributed by atoms with Gasteiger partial charge in [0.05, 0.1) is 18.1 Å².